The number of anilines is 1. The zero-order valence-electron chi connectivity index (χ0n) is 8.69. The van der Waals surface area contributed by atoms with E-state index >= 15 is 0 Å². The molecule has 0 spiro atoms. The van der Waals surface area contributed by atoms with Gasteiger partial charge in [0.25, 0.3) is 0 Å². The summed E-state index contributed by atoms with van der Waals surface area (Å²) in [6.45, 7) is 1.88. The summed E-state index contributed by atoms with van der Waals surface area (Å²) in [6, 6.07) is 5.41. The molecular weight excluding hydrogens is 216 g/mol. The largest absolute Gasteiger partial charge is 0.395 e. The Hall–Kier alpha value is -0.840. The average Bonchev–Trinajstić information content (AvgIpc) is 2.24. The number of pyridine rings is 1. The minimum atomic E-state index is 0.0813. The van der Waals surface area contributed by atoms with Crippen LogP contribution >= 0.6 is 11.6 Å². The minimum absolute atomic E-state index is 0.0813. The molecule has 0 atom stereocenters. The second kappa shape index (κ2) is 6.61. The number of aliphatic hydroxyl groups excluding tert-OH is 1. The summed E-state index contributed by atoms with van der Waals surface area (Å²) < 4.78 is 4.99. The Kier molecular flexibility index (Phi) is 5.39. The number of hydrogen-bond donors (Lipinski definition) is 1. The number of methoxy groups -OCH3 is 1. The Morgan fingerprint density at radius 3 is 2.87 bits per heavy atom. The van der Waals surface area contributed by atoms with Crippen molar-refractivity contribution in [2.24, 2.45) is 0 Å². The first-order valence-electron chi connectivity index (χ1n) is 4.75. The fourth-order valence-corrected chi connectivity index (χ4v) is 1.40. The van der Waals surface area contributed by atoms with Crippen molar-refractivity contribution >= 4 is 17.4 Å². The number of halogens is 1. The van der Waals surface area contributed by atoms with E-state index in [1.807, 2.05) is 17.0 Å². The molecule has 1 aromatic heterocycles. The van der Waals surface area contributed by atoms with Gasteiger partial charge in [0, 0.05) is 20.2 Å². The Labute approximate surface area is 94.4 Å². The number of hydrogen-bond acceptors (Lipinski definition) is 4. The molecule has 4 nitrogen and oxygen atoms in total. The van der Waals surface area contributed by atoms with E-state index in [-0.39, 0.29) is 6.61 Å². The third kappa shape index (κ3) is 4.03. The quantitative estimate of drug-likeness (QED) is 0.746. The predicted molar refractivity (Wildman–Crippen MR) is 60.4 cm³/mol. The Morgan fingerprint density at radius 1 is 1.47 bits per heavy atom. The molecular formula is C10H15ClN2O2. The molecule has 0 saturated carbocycles. The van der Waals surface area contributed by atoms with E-state index in [0.29, 0.717) is 24.8 Å². The topological polar surface area (TPSA) is 45.6 Å². The smallest absolute Gasteiger partial charge is 0.131 e. The van der Waals surface area contributed by atoms with Crippen LogP contribution in [0.5, 0.6) is 0 Å². The van der Waals surface area contributed by atoms with Crippen LogP contribution < -0.4 is 4.90 Å². The Bertz CT molecular complexity index is 297. The number of ether oxygens (including phenoxy) is 1. The first kappa shape index (κ1) is 12.2. The average molecular weight is 231 g/mol. The van der Waals surface area contributed by atoms with Crippen LogP contribution in [0.2, 0.25) is 5.15 Å². The lowest BCUT2D eigenvalue weighted by atomic mass is 10.4. The molecule has 1 rings (SSSR count). The van der Waals surface area contributed by atoms with Crippen LogP contribution in [0.4, 0.5) is 5.82 Å². The highest BCUT2D eigenvalue weighted by Gasteiger charge is 2.06. The molecule has 0 radical (unpaired) electrons. The van der Waals surface area contributed by atoms with Crippen LogP contribution in [0.1, 0.15) is 0 Å². The van der Waals surface area contributed by atoms with Crippen LogP contribution in [-0.2, 0) is 4.74 Å². The Morgan fingerprint density at radius 2 is 2.27 bits per heavy atom. The second-order valence-corrected chi connectivity index (χ2v) is 3.41. The molecule has 1 N–H and O–H groups in total. The molecule has 0 aliphatic carbocycles. The number of aromatic nitrogens is 1. The molecule has 0 bridgehead atoms. The molecule has 0 unspecified atom stereocenters. The first-order chi connectivity index (χ1) is 7.27. The zero-order valence-corrected chi connectivity index (χ0v) is 9.44. The van der Waals surface area contributed by atoms with Gasteiger partial charge in [0.05, 0.1) is 13.2 Å². The highest BCUT2D eigenvalue weighted by molar-refractivity contribution is 6.29. The summed E-state index contributed by atoms with van der Waals surface area (Å²) in [5.74, 6) is 0.758. The summed E-state index contributed by atoms with van der Waals surface area (Å²) in [5.41, 5.74) is 0. The normalized spacial score (nSPS) is 10.3. The lowest BCUT2D eigenvalue weighted by Crippen LogP contribution is -2.30. The van der Waals surface area contributed by atoms with Gasteiger partial charge in [-0.15, -0.1) is 0 Å². The van der Waals surface area contributed by atoms with Gasteiger partial charge in [0.2, 0.25) is 0 Å². The molecule has 0 amide bonds. The van der Waals surface area contributed by atoms with Crippen LogP contribution in [0, 0.1) is 0 Å². The maximum atomic E-state index is 8.92. The standard InChI is InChI=1S/C10H15ClN2O2/c1-15-8-6-13(5-7-14)10-4-2-3-9(11)12-10/h2-4,14H,5-8H2,1H3. The lowest BCUT2D eigenvalue weighted by molar-refractivity contribution is 0.202. The van der Waals surface area contributed by atoms with Crippen molar-refractivity contribution in [2.75, 3.05) is 38.3 Å². The van der Waals surface area contributed by atoms with Crippen molar-refractivity contribution in [2.45, 2.75) is 0 Å². The van der Waals surface area contributed by atoms with Crippen molar-refractivity contribution in [1.29, 1.82) is 0 Å². The first-order valence-corrected chi connectivity index (χ1v) is 5.13. The molecule has 84 valence electrons. The predicted octanol–water partition coefficient (Wildman–Crippen LogP) is 1.18. The molecule has 1 heterocycles. The number of aliphatic hydroxyl groups is 1. The Balaban J connectivity index is 2.69. The third-order valence-electron chi connectivity index (χ3n) is 1.96. The summed E-state index contributed by atoms with van der Waals surface area (Å²) in [6.07, 6.45) is 0. The van der Waals surface area contributed by atoms with E-state index in [4.69, 9.17) is 21.4 Å². The van der Waals surface area contributed by atoms with Gasteiger partial charge in [0.15, 0.2) is 0 Å². The van der Waals surface area contributed by atoms with Gasteiger partial charge in [0.1, 0.15) is 11.0 Å². The van der Waals surface area contributed by atoms with E-state index in [9.17, 15) is 0 Å². The van der Waals surface area contributed by atoms with Crippen LogP contribution in [0.15, 0.2) is 18.2 Å². The molecule has 5 heteroatoms. The van der Waals surface area contributed by atoms with Crippen LogP contribution in [0.3, 0.4) is 0 Å². The van der Waals surface area contributed by atoms with E-state index in [0.717, 1.165) is 5.82 Å². The highest BCUT2D eigenvalue weighted by atomic mass is 35.5. The molecule has 15 heavy (non-hydrogen) atoms. The minimum Gasteiger partial charge on any atom is -0.395 e. The molecule has 1 aromatic rings. The maximum Gasteiger partial charge on any atom is 0.131 e. The van der Waals surface area contributed by atoms with Gasteiger partial charge >= 0.3 is 0 Å². The van der Waals surface area contributed by atoms with E-state index in [2.05, 4.69) is 4.98 Å². The molecule has 0 aliphatic rings. The maximum absolute atomic E-state index is 8.92. The van der Waals surface area contributed by atoms with Crippen LogP contribution in [-0.4, -0.2) is 43.5 Å². The van der Waals surface area contributed by atoms with Gasteiger partial charge in [-0.2, -0.15) is 0 Å². The van der Waals surface area contributed by atoms with Crippen molar-refractivity contribution in [3.63, 3.8) is 0 Å². The molecule has 0 aromatic carbocycles. The zero-order chi connectivity index (χ0) is 11.1. The van der Waals surface area contributed by atoms with E-state index in [1.165, 1.54) is 0 Å². The van der Waals surface area contributed by atoms with Gasteiger partial charge in [-0.3, -0.25) is 0 Å². The SMILES string of the molecule is COCCN(CCO)c1cccc(Cl)n1. The summed E-state index contributed by atoms with van der Waals surface area (Å²) in [5, 5.41) is 9.38. The third-order valence-corrected chi connectivity index (χ3v) is 2.17. The van der Waals surface area contributed by atoms with Crippen molar-refractivity contribution < 1.29 is 9.84 Å². The van der Waals surface area contributed by atoms with Crippen LogP contribution in [0.25, 0.3) is 0 Å². The van der Waals surface area contributed by atoms with Crippen molar-refractivity contribution in [3.05, 3.63) is 23.4 Å². The van der Waals surface area contributed by atoms with Gasteiger partial charge in [-0.1, -0.05) is 17.7 Å². The lowest BCUT2D eigenvalue weighted by Gasteiger charge is -2.22. The monoisotopic (exact) mass is 230 g/mol. The summed E-state index contributed by atoms with van der Waals surface area (Å²) >= 11 is 5.79. The van der Waals surface area contributed by atoms with Gasteiger partial charge < -0.3 is 14.7 Å². The van der Waals surface area contributed by atoms with Crippen molar-refractivity contribution in [3.8, 4) is 0 Å². The van der Waals surface area contributed by atoms with Crippen molar-refractivity contribution in [1.82, 2.24) is 4.98 Å². The van der Waals surface area contributed by atoms with Gasteiger partial charge in [-0.25, -0.2) is 4.98 Å². The molecule has 0 fully saturated rings. The highest BCUT2D eigenvalue weighted by Crippen LogP contribution is 2.13. The summed E-state index contributed by atoms with van der Waals surface area (Å²) in [4.78, 5) is 6.10. The second-order valence-electron chi connectivity index (χ2n) is 3.02. The van der Waals surface area contributed by atoms with E-state index < -0.39 is 0 Å². The summed E-state index contributed by atoms with van der Waals surface area (Å²) in [7, 11) is 1.64. The van der Waals surface area contributed by atoms with Gasteiger partial charge in [-0.05, 0) is 12.1 Å². The molecule has 0 aliphatic heterocycles. The fraction of sp³-hybridized carbons (Fsp3) is 0.500. The number of nitrogens with zero attached hydrogens (tertiary/aromatic N) is 2. The molecule has 0 saturated heterocycles. The number of rotatable bonds is 6. The fourth-order valence-electron chi connectivity index (χ4n) is 1.24. The van der Waals surface area contributed by atoms with E-state index in [1.54, 1.807) is 13.2 Å².